The summed E-state index contributed by atoms with van der Waals surface area (Å²) in [6.45, 7) is 0. The zero-order chi connectivity index (χ0) is 10.8. The first-order valence-electron chi connectivity index (χ1n) is 6.68. The molecule has 0 heterocycles. The molecule has 0 aromatic heterocycles. The molecule has 0 aliphatic heterocycles. The van der Waals surface area contributed by atoms with Gasteiger partial charge in [0.25, 0.3) is 0 Å². The quantitative estimate of drug-likeness (QED) is 0.634. The molecule has 16 heavy (non-hydrogen) atoms. The number of allylic oxidation sites excluding steroid dienone is 2. The van der Waals surface area contributed by atoms with Crippen molar-refractivity contribution < 1.29 is 0 Å². The van der Waals surface area contributed by atoms with Crippen molar-refractivity contribution in [1.29, 1.82) is 0 Å². The first kappa shape index (κ1) is 10.1. The molecule has 0 radical (unpaired) electrons. The van der Waals surface area contributed by atoms with E-state index in [1.165, 1.54) is 44.1 Å². The summed E-state index contributed by atoms with van der Waals surface area (Å²) < 4.78 is 0. The van der Waals surface area contributed by atoms with E-state index in [0.29, 0.717) is 0 Å². The van der Waals surface area contributed by atoms with Gasteiger partial charge in [0.15, 0.2) is 0 Å². The van der Waals surface area contributed by atoms with Gasteiger partial charge in [-0.1, -0.05) is 49.2 Å². The largest absolute Gasteiger partial charge is 0.0804 e. The van der Waals surface area contributed by atoms with Crippen molar-refractivity contribution in [3.05, 3.63) is 42.0 Å². The van der Waals surface area contributed by atoms with Crippen molar-refractivity contribution in [2.24, 2.45) is 11.8 Å². The Kier molecular flexibility index (Phi) is 2.82. The van der Waals surface area contributed by atoms with Crippen LogP contribution in [0.25, 0.3) is 5.57 Å². The second-order valence-corrected chi connectivity index (χ2v) is 5.34. The number of fused-ring (bicyclic) bond motifs is 1. The third-order valence-corrected chi connectivity index (χ3v) is 4.36. The van der Waals surface area contributed by atoms with Crippen LogP contribution in [0.2, 0.25) is 0 Å². The van der Waals surface area contributed by atoms with E-state index in [9.17, 15) is 0 Å². The van der Waals surface area contributed by atoms with Gasteiger partial charge in [-0.15, -0.1) is 0 Å². The van der Waals surface area contributed by atoms with Crippen LogP contribution in [0.3, 0.4) is 0 Å². The zero-order valence-electron chi connectivity index (χ0n) is 9.86. The molecule has 1 aromatic carbocycles. The van der Waals surface area contributed by atoms with E-state index in [1.807, 2.05) is 0 Å². The molecule has 0 N–H and O–H groups in total. The average Bonchev–Trinajstić information content (AvgIpc) is 2.39. The maximum Gasteiger partial charge on any atom is -0.0228 e. The Labute approximate surface area is 98.4 Å². The first-order valence-corrected chi connectivity index (χ1v) is 6.68. The molecule has 1 saturated carbocycles. The minimum Gasteiger partial charge on any atom is -0.0804 e. The predicted octanol–water partition coefficient (Wildman–Crippen LogP) is 4.67. The highest BCUT2D eigenvalue weighted by Gasteiger charge is 2.28. The maximum atomic E-state index is 2.50. The standard InChI is InChI=1S/C16H20/c1-2-6-13(7-3-1)16-11-10-14-8-4-5-9-15(14)12-16/h1-3,6-7,11,14-15H,4-5,8-10,12H2/t14-,15+/m0/s1. The van der Waals surface area contributed by atoms with Crippen molar-refractivity contribution in [1.82, 2.24) is 0 Å². The number of benzene rings is 1. The summed E-state index contributed by atoms with van der Waals surface area (Å²) in [6, 6.07) is 10.9. The molecule has 0 saturated heterocycles. The fraction of sp³-hybridized carbons (Fsp3) is 0.500. The third kappa shape index (κ3) is 1.93. The Balaban J connectivity index is 1.81. The fourth-order valence-corrected chi connectivity index (χ4v) is 3.41. The lowest BCUT2D eigenvalue weighted by Crippen LogP contribution is -2.22. The lowest BCUT2D eigenvalue weighted by molar-refractivity contribution is 0.235. The average molecular weight is 212 g/mol. The Morgan fingerprint density at radius 2 is 1.62 bits per heavy atom. The monoisotopic (exact) mass is 212 g/mol. The molecule has 0 spiro atoms. The van der Waals surface area contributed by atoms with Crippen LogP contribution in [0.1, 0.15) is 44.1 Å². The molecule has 3 rings (SSSR count). The highest BCUT2D eigenvalue weighted by molar-refractivity contribution is 5.66. The summed E-state index contributed by atoms with van der Waals surface area (Å²) in [4.78, 5) is 0. The molecule has 84 valence electrons. The van der Waals surface area contributed by atoms with Crippen LogP contribution in [0.15, 0.2) is 36.4 Å². The van der Waals surface area contributed by atoms with Crippen LogP contribution in [0, 0.1) is 11.8 Å². The van der Waals surface area contributed by atoms with E-state index in [1.54, 1.807) is 5.57 Å². The lowest BCUT2D eigenvalue weighted by Gasteiger charge is -2.35. The Hall–Kier alpha value is -1.04. The Morgan fingerprint density at radius 3 is 2.44 bits per heavy atom. The third-order valence-electron chi connectivity index (χ3n) is 4.36. The summed E-state index contributed by atoms with van der Waals surface area (Å²) in [6.07, 6.45) is 11.0. The number of hydrogen-bond donors (Lipinski definition) is 0. The summed E-state index contributed by atoms with van der Waals surface area (Å²) in [5, 5.41) is 0. The van der Waals surface area contributed by atoms with Gasteiger partial charge < -0.3 is 0 Å². The van der Waals surface area contributed by atoms with Gasteiger partial charge in [-0.3, -0.25) is 0 Å². The van der Waals surface area contributed by atoms with Crippen molar-refractivity contribution in [2.75, 3.05) is 0 Å². The molecule has 1 fully saturated rings. The summed E-state index contributed by atoms with van der Waals surface area (Å²) in [5.74, 6) is 1.98. The molecule has 2 aliphatic carbocycles. The van der Waals surface area contributed by atoms with E-state index in [-0.39, 0.29) is 0 Å². The molecule has 1 aromatic rings. The van der Waals surface area contributed by atoms with Crippen molar-refractivity contribution in [3.63, 3.8) is 0 Å². The SMILES string of the molecule is C1=C(c2ccccc2)C[C@H]2CCCC[C@H]2C1. The van der Waals surface area contributed by atoms with Crippen LogP contribution in [0.4, 0.5) is 0 Å². The van der Waals surface area contributed by atoms with Gasteiger partial charge >= 0.3 is 0 Å². The highest BCUT2D eigenvalue weighted by Crippen LogP contribution is 2.42. The minimum absolute atomic E-state index is 0.981. The highest BCUT2D eigenvalue weighted by atomic mass is 14.3. The molecule has 2 aliphatic rings. The molecule has 0 heteroatoms. The van der Waals surface area contributed by atoms with Gasteiger partial charge in [0.05, 0.1) is 0 Å². The lowest BCUT2D eigenvalue weighted by atomic mass is 9.70. The fourth-order valence-electron chi connectivity index (χ4n) is 3.41. The predicted molar refractivity (Wildman–Crippen MR) is 69.1 cm³/mol. The molecule has 0 bridgehead atoms. The van der Waals surface area contributed by atoms with Crippen LogP contribution in [0.5, 0.6) is 0 Å². The maximum absolute atomic E-state index is 2.50. The van der Waals surface area contributed by atoms with Gasteiger partial charge in [-0.25, -0.2) is 0 Å². The van der Waals surface area contributed by atoms with E-state index in [2.05, 4.69) is 36.4 Å². The van der Waals surface area contributed by atoms with Crippen LogP contribution in [-0.2, 0) is 0 Å². The van der Waals surface area contributed by atoms with Gasteiger partial charge in [0.2, 0.25) is 0 Å². The summed E-state index contributed by atoms with van der Waals surface area (Å²) >= 11 is 0. The van der Waals surface area contributed by atoms with Gasteiger partial charge in [0.1, 0.15) is 0 Å². The van der Waals surface area contributed by atoms with E-state index >= 15 is 0 Å². The van der Waals surface area contributed by atoms with Gasteiger partial charge in [0, 0.05) is 0 Å². The van der Waals surface area contributed by atoms with Crippen molar-refractivity contribution >= 4 is 5.57 Å². The van der Waals surface area contributed by atoms with Crippen LogP contribution >= 0.6 is 0 Å². The molecule has 2 atom stereocenters. The summed E-state index contributed by atoms with van der Waals surface area (Å²) in [5.41, 5.74) is 3.05. The van der Waals surface area contributed by atoms with Gasteiger partial charge in [-0.2, -0.15) is 0 Å². The molecule has 0 amide bonds. The minimum atomic E-state index is 0.981. The number of hydrogen-bond acceptors (Lipinski definition) is 0. The zero-order valence-corrected chi connectivity index (χ0v) is 9.86. The molecule has 0 unspecified atom stereocenters. The topological polar surface area (TPSA) is 0 Å². The van der Waals surface area contributed by atoms with E-state index in [4.69, 9.17) is 0 Å². The van der Waals surface area contributed by atoms with Gasteiger partial charge in [-0.05, 0) is 48.7 Å². The smallest absolute Gasteiger partial charge is 0.0228 e. The van der Waals surface area contributed by atoms with E-state index in [0.717, 1.165) is 11.8 Å². The molecule has 0 nitrogen and oxygen atoms in total. The first-order chi connectivity index (χ1) is 7.93. The van der Waals surface area contributed by atoms with Crippen molar-refractivity contribution in [2.45, 2.75) is 38.5 Å². The summed E-state index contributed by atoms with van der Waals surface area (Å²) in [7, 11) is 0. The Morgan fingerprint density at radius 1 is 0.875 bits per heavy atom. The second kappa shape index (κ2) is 4.45. The molecular weight excluding hydrogens is 192 g/mol. The van der Waals surface area contributed by atoms with Crippen molar-refractivity contribution in [3.8, 4) is 0 Å². The van der Waals surface area contributed by atoms with Crippen LogP contribution in [-0.4, -0.2) is 0 Å². The van der Waals surface area contributed by atoms with Crippen LogP contribution < -0.4 is 0 Å². The second-order valence-electron chi connectivity index (χ2n) is 5.34. The number of rotatable bonds is 1. The normalized spacial score (nSPS) is 29.4. The Bertz CT molecular complexity index is 374. The van der Waals surface area contributed by atoms with E-state index < -0.39 is 0 Å². The molecular formula is C16H20.